The highest BCUT2D eigenvalue weighted by Crippen LogP contribution is 2.28. The van der Waals surface area contributed by atoms with Gasteiger partial charge in [0.25, 0.3) is 0 Å². The molecule has 0 aliphatic carbocycles. The molecule has 0 bridgehead atoms. The summed E-state index contributed by atoms with van der Waals surface area (Å²) in [7, 11) is 1.41. The van der Waals surface area contributed by atoms with E-state index in [4.69, 9.17) is 21.6 Å². The standard InChI is InChI=1S/C14H10ClFN2O/c1-19-14-5-3-10(7-12(14)16)18-13-4-2-9(8-17)6-11(13)15/h2-7,18H,1H3. The summed E-state index contributed by atoms with van der Waals surface area (Å²) < 4.78 is 18.4. The van der Waals surface area contributed by atoms with Gasteiger partial charge in [-0.3, -0.25) is 0 Å². The molecule has 0 amide bonds. The van der Waals surface area contributed by atoms with Gasteiger partial charge in [0.2, 0.25) is 0 Å². The third-order valence-corrected chi connectivity index (χ3v) is 2.84. The van der Waals surface area contributed by atoms with Crippen LogP contribution in [-0.4, -0.2) is 7.11 Å². The van der Waals surface area contributed by atoms with Crippen LogP contribution in [0.25, 0.3) is 0 Å². The lowest BCUT2D eigenvalue weighted by molar-refractivity contribution is 0.386. The molecule has 5 heteroatoms. The van der Waals surface area contributed by atoms with Crippen LogP contribution >= 0.6 is 11.6 Å². The number of hydrogen-bond donors (Lipinski definition) is 1. The third-order valence-electron chi connectivity index (χ3n) is 2.53. The van der Waals surface area contributed by atoms with Crippen molar-refractivity contribution >= 4 is 23.0 Å². The van der Waals surface area contributed by atoms with Crippen LogP contribution in [-0.2, 0) is 0 Å². The molecule has 0 radical (unpaired) electrons. The molecule has 19 heavy (non-hydrogen) atoms. The summed E-state index contributed by atoms with van der Waals surface area (Å²) in [5, 5.41) is 12.1. The van der Waals surface area contributed by atoms with Gasteiger partial charge >= 0.3 is 0 Å². The zero-order valence-corrected chi connectivity index (χ0v) is 10.8. The maximum Gasteiger partial charge on any atom is 0.167 e. The van der Waals surface area contributed by atoms with Crippen molar-refractivity contribution in [2.45, 2.75) is 0 Å². The minimum atomic E-state index is -0.461. The van der Waals surface area contributed by atoms with E-state index in [9.17, 15) is 4.39 Å². The molecular weight excluding hydrogens is 267 g/mol. The number of nitriles is 1. The van der Waals surface area contributed by atoms with Gasteiger partial charge in [0, 0.05) is 11.8 Å². The van der Waals surface area contributed by atoms with Crippen LogP contribution in [0.4, 0.5) is 15.8 Å². The molecule has 2 aromatic carbocycles. The maximum atomic E-state index is 13.5. The molecular formula is C14H10ClFN2O. The van der Waals surface area contributed by atoms with Gasteiger partial charge in [0.05, 0.1) is 29.5 Å². The van der Waals surface area contributed by atoms with Crippen molar-refractivity contribution < 1.29 is 9.13 Å². The maximum absolute atomic E-state index is 13.5. The lowest BCUT2D eigenvalue weighted by Gasteiger charge is -2.10. The van der Waals surface area contributed by atoms with E-state index in [-0.39, 0.29) is 5.75 Å². The third kappa shape index (κ3) is 2.95. The minimum absolute atomic E-state index is 0.177. The molecule has 0 spiro atoms. The number of nitrogens with zero attached hydrogens (tertiary/aromatic N) is 1. The average molecular weight is 277 g/mol. The number of ether oxygens (including phenoxy) is 1. The Morgan fingerprint density at radius 3 is 2.63 bits per heavy atom. The first-order valence-electron chi connectivity index (χ1n) is 5.44. The zero-order chi connectivity index (χ0) is 13.8. The van der Waals surface area contributed by atoms with Crippen LogP contribution in [0.1, 0.15) is 5.56 Å². The largest absolute Gasteiger partial charge is 0.494 e. The molecule has 0 aliphatic heterocycles. The molecule has 0 saturated heterocycles. The minimum Gasteiger partial charge on any atom is -0.494 e. The van der Waals surface area contributed by atoms with Crippen molar-refractivity contribution in [3.63, 3.8) is 0 Å². The topological polar surface area (TPSA) is 45.0 Å². The molecule has 3 nitrogen and oxygen atoms in total. The highest BCUT2D eigenvalue weighted by molar-refractivity contribution is 6.33. The van der Waals surface area contributed by atoms with Crippen molar-refractivity contribution in [3.05, 3.63) is 52.8 Å². The molecule has 2 aromatic rings. The number of rotatable bonds is 3. The van der Waals surface area contributed by atoms with Crippen LogP contribution in [0, 0.1) is 17.1 Å². The summed E-state index contributed by atoms with van der Waals surface area (Å²) in [5.41, 5.74) is 1.62. The Hall–Kier alpha value is -2.25. The van der Waals surface area contributed by atoms with Crippen molar-refractivity contribution in [1.29, 1.82) is 5.26 Å². The quantitative estimate of drug-likeness (QED) is 0.918. The zero-order valence-electron chi connectivity index (χ0n) is 10.1. The fourth-order valence-corrected chi connectivity index (χ4v) is 1.81. The summed E-state index contributed by atoms with van der Waals surface area (Å²) >= 11 is 6.02. The van der Waals surface area contributed by atoms with E-state index in [0.717, 1.165) is 0 Å². The molecule has 0 aromatic heterocycles. The predicted molar refractivity (Wildman–Crippen MR) is 72.4 cm³/mol. The van der Waals surface area contributed by atoms with Gasteiger partial charge in [-0.25, -0.2) is 4.39 Å². The van der Waals surface area contributed by atoms with Crippen LogP contribution < -0.4 is 10.1 Å². The molecule has 0 atom stereocenters. The molecule has 0 saturated carbocycles. The first kappa shape index (κ1) is 13.2. The van der Waals surface area contributed by atoms with E-state index in [0.29, 0.717) is 22.0 Å². The molecule has 2 rings (SSSR count). The summed E-state index contributed by atoms with van der Waals surface area (Å²) in [5.74, 6) is -0.284. The highest BCUT2D eigenvalue weighted by atomic mass is 35.5. The second kappa shape index (κ2) is 5.59. The van der Waals surface area contributed by atoms with E-state index in [1.807, 2.05) is 6.07 Å². The molecule has 1 N–H and O–H groups in total. The van der Waals surface area contributed by atoms with E-state index < -0.39 is 5.82 Å². The summed E-state index contributed by atoms with van der Waals surface area (Å²) in [6.45, 7) is 0. The number of benzene rings is 2. The Labute approximate surface area is 115 Å². The lowest BCUT2D eigenvalue weighted by Crippen LogP contribution is -1.94. The van der Waals surface area contributed by atoms with Gasteiger partial charge in [0.15, 0.2) is 11.6 Å². The fourth-order valence-electron chi connectivity index (χ4n) is 1.59. The van der Waals surface area contributed by atoms with Gasteiger partial charge in [0.1, 0.15) is 0 Å². The summed E-state index contributed by atoms with van der Waals surface area (Å²) in [6.07, 6.45) is 0. The van der Waals surface area contributed by atoms with Crippen LogP contribution in [0.5, 0.6) is 5.75 Å². The predicted octanol–water partition coefficient (Wildman–Crippen LogP) is 4.10. The van der Waals surface area contributed by atoms with Gasteiger partial charge < -0.3 is 10.1 Å². The van der Waals surface area contributed by atoms with E-state index >= 15 is 0 Å². The molecule has 0 unspecified atom stereocenters. The first-order chi connectivity index (χ1) is 9.13. The van der Waals surface area contributed by atoms with Gasteiger partial charge in [-0.1, -0.05) is 11.6 Å². The Morgan fingerprint density at radius 1 is 1.26 bits per heavy atom. The number of halogens is 2. The Morgan fingerprint density at radius 2 is 2.05 bits per heavy atom. The van der Waals surface area contributed by atoms with E-state index in [1.54, 1.807) is 24.3 Å². The van der Waals surface area contributed by atoms with Crippen molar-refractivity contribution in [1.82, 2.24) is 0 Å². The van der Waals surface area contributed by atoms with Crippen LogP contribution in [0.15, 0.2) is 36.4 Å². The smallest absolute Gasteiger partial charge is 0.167 e. The number of nitrogens with one attached hydrogen (secondary N) is 1. The molecule has 0 heterocycles. The Kier molecular flexibility index (Phi) is 3.88. The monoisotopic (exact) mass is 276 g/mol. The SMILES string of the molecule is COc1ccc(Nc2ccc(C#N)cc2Cl)cc1F. The van der Waals surface area contributed by atoms with Crippen molar-refractivity contribution in [3.8, 4) is 11.8 Å². The summed E-state index contributed by atoms with van der Waals surface area (Å²) in [4.78, 5) is 0. The normalized spacial score (nSPS) is 9.79. The highest BCUT2D eigenvalue weighted by Gasteiger charge is 2.06. The number of anilines is 2. The van der Waals surface area contributed by atoms with E-state index in [1.165, 1.54) is 19.2 Å². The fraction of sp³-hybridized carbons (Fsp3) is 0.0714. The van der Waals surface area contributed by atoms with Crippen LogP contribution in [0.2, 0.25) is 5.02 Å². The van der Waals surface area contributed by atoms with E-state index in [2.05, 4.69) is 5.32 Å². The number of methoxy groups -OCH3 is 1. The Bertz CT molecular complexity index is 652. The Balaban J connectivity index is 2.26. The number of hydrogen-bond acceptors (Lipinski definition) is 3. The van der Waals surface area contributed by atoms with Crippen molar-refractivity contribution in [2.24, 2.45) is 0 Å². The second-order valence-electron chi connectivity index (χ2n) is 3.78. The van der Waals surface area contributed by atoms with Crippen LogP contribution in [0.3, 0.4) is 0 Å². The second-order valence-corrected chi connectivity index (χ2v) is 4.19. The van der Waals surface area contributed by atoms with Gasteiger partial charge in [-0.15, -0.1) is 0 Å². The van der Waals surface area contributed by atoms with Gasteiger partial charge in [-0.05, 0) is 30.3 Å². The van der Waals surface area contributed by atoms with Crippen molar-refractivity contribution in [2.75, 3.05) is 12.4 Å². The lowest BCUT2D eigenvalue weighted by atomic mass is 10.2. The molecule has 0 fully saturated rings. The molecule has 0 aliphatic rings. The summed E-state index contributed by atoms with van der Waals surface area (Å²) in [6, 6.07) is 11.4. The average Bonchev–Trinajstić information content (AvgIpc) is 2.41. The van der Waals surface area contributed by atoms with Gasteiger partial charge in [-0.2, -0.15) is 5.26 Å². The molecule has 96 valence electrons. The first-order valence-corrected chi connectivity index (χ1v) is 5.82.